The molecule has 0 rings (SSSR count). The van der Waals surface area contributed by atoms with Crippen LogP contribution in [0.1, 0.15) is 27.7 Å². The van der Waals surface area contributed by atoms with Gasteiger partial charge in [-0.3, -0.25) is 4.90 Å². The van der Waals surface area contributed by atoms with E-state index in [1.807, 2.05) is 0 Å². The van der Waals surface area contributed by atoms with Crippen molar-refractivity contribution in [2.24, 2.45) is 0 Å². The zero-order valence-electron chi connectivity index (χ0n) is 11.1. The molecule has 0 spiro atoms. The van der Waals surface area contributed by atoms with E-state index in [1.165, 1.54) is 11.0 Å². The number of nitrogens with zero attached hydrogens (tertiary/aromatic N) is 1. The van der Waals surface area contributed by atoms with Gasteiger partial charge in [-0.15, -0.1) is 13.2 Å². The molecule has 98 valence electrons. The van der Waals surface area contributed by atoms with Gasteiger partial charge >= 0.3 is 6.09 Å². The first-order valence-electron chi connectivity index (χ1n) is 5.64. The molecule has 1 N–H and O–H groups in total. The maximum Gasteiger partial charge on any atom is 0.410 e. The minimum atomic E-state index is -0.789. The van der Waals surface area contributed by atoms with Crippen LogP contribution in [0.3, 0.4) is 0 Å². The molecule has 0 aliphatic rings. The molecule has 0 aliphatic carbocycles. The number of rotatable bonds is 5. The highest BCUT2D eigenvalue weighted by Crippen LogP contribution is 2.14. The SMILES string of the molecule is C=CCN(C(=O)OC(C)(C)C)[C@@H](C)[C@H](O)C=C. The molecule has 4 nitrogen and oxygen atoms in total. The Morgan fingerprint density at radius 2 is 2.00 bits per heavy atom. The van der Waals surface area contributed by atoms with E-state index in [0.29, 0.717) is 6.54 Å². The molecule has 0 heterocycles. The van der Waals surface area contributed by atoms with E-state index in [-0.39, 0.29) is 0 Å². The molecule has 0 aromatic carbocycles. The molecule has 2 atom stereocenters. The molecule has 0 aliphatic heterocycles. The minimum Gasteiger partial charge on any atom is -0.444 e. The number of carbonyl (C=O) groups is 1. The zero-order valence-corrected chi connectivity index (χ0v) is 11.1. The van der Waals surface area contributed by atoms with Crippen LogP contribution in [0.5, 0.6) is 0 Å². The quantitative estimate of drug-likeness (QED) is 0.752. The van der Waals surface area contributed by atoms with Crippen molar-refractivity contribution in [3.63, 3.8) is 0 Å². The van der Waals surface area contributed by atoms with E-state index >= 15 is 0 Å². The van der Waals surface area contributed by atoms with Crippen molar-refractivity contribution in [1.29, 1.82) is 0 Å². The fourth-order valence-corrected chi connectivity index (χ4v) is 1.25. The fourth-order valence-electron chi connectivity index (χ4n) is 1.25. The number of carbonyl (C=O) groups excluding carboxylic acids is 1. The van der Waals surface area contributed by atoms with Crippen molar-refractivity contribution >= 4 is 6.09 Å². The summed E-state index contributed by atoms with van der Waals surface area (Å²) in [5, 5.41) is 9.67. The van der Waals surface area contributed by atoms with Gasteiger partial charge in [-0.1, -0.05) is 12.2 Å². The van der Waals surface area contributed by atoms with Gasteiger partial charge in [0.15, 0.2) is 0 Å². The van der Waals surface area contributed by atoms with E-state index in [2.05, 4.69) is 13.2 Å². The van der Waals surface area contributed by atoms with Crippen LogP contribution in [-0.4, -0.2) is 40.4 Å². The molecule has 0 radical (unpaired) electrons. The second-order valence-corrected chi connectivity index (χ2v) is 4.89. The van der Waals surface area contributed by atoms with Crippen LogP contribution < -0.4 is 0 Å². The Balaban J connectivity index is 4.78. The van der Waals surface area contributed by atoms with Crippen LogP contribution in [0, 0.1) is 0 Å². The lowest BCUT2D eigenvalue weighted by Crippen LogP contribution is -2.46. The van der Waals surface area contributed by atoms with Gasteiger partial charge in [0.05, 0.1) is 12.1 Å². The van der Waals surface area contributed by atoms with Crippen molar-refractivity contribution < 1.29 is 14.6 Å². The van der Waals surface area contributed by atoms with Gasteiger partial charge in [0.25, 0.3) is 0 Å². The molecule has 4 heteroatoms. The molecule has 17 heavy (non-hydrogen) atoms. The molecule has 0 aromatic heterocycles. The van der Waals surface area contributed by atoms with E-state index < -0.39 is 23.8 Å². The summed E-state index contributed by atoms with van der Waals surface area (Å²) in [6.07, 6.45) is 1.73. The minimum absolute atomic E-state index is 0.320. The third-order valence-corrected chi connectivity index (χ3v) is 2.18. The predicted octanol–water partition coefficient (Wildman–Crippen LogP) is 2.34. The predicted molar refractivity (Wildman–Crippen MR) is 68.8 cm³/mol. The first-order valence-corrected chi connectivity index (χ1v) is 5.64. The number of ether oxygens (including phenoxy) is 1. The fraction of sp³-hybridized carbons (Fsp3) is 0.615. The number of hydrogen-bond acceptors (Lipinski definition) is 3. The average molecular weight is 241 g/mol. The summed E-state index contributed by atoms with van der Waals surface area (Å²) in [6.45, 7) is 14.5. The summed E-state index contributed by atoms with van der Waals surface area (Å²) in [4.78, 5) is 13.3. The summed E-state index contributed by atoms with van der Waals surface area (Å²) in [5.41, 5.74) is -0.560. The maximum atomic E-state index is 11.9. The van der Waals surface area contributed by atoms with Crippen molar-refractivity contribution in [2.75, 3.05) is 6.54 Å². The summed E-state index contributed by atoms with van der Waals surface area (Å²) in [5.74, 6) is 0. The van der Waals surface area contributed by atoms with Gasteiger partial charge in [-0.2, -0.15) is 0 Å². The lowest BCUT2D eigenvalue weighted by molar-refractivity contribution is 0.00782. The summed E-state index contributed by atoms with van der Waals surface area (Å²) in [7, 11) is 0. The molecular weight excluding hydrogens is 218 g/mol. The Hall–Kier alpha value is -1.29. The summed E-state index contributed by atoms with van der Waals surface area (Å²) in [6, 6.07) is -0.402. The number of hydrogen-bond donors (Lipinski definition) is 1. The van der Waals surface area contributed by atoms with Gasteiger partial charge in [0.1, 0.15) is 5.60 Å². The number of aliphatic hydroxyl groups is 1. The maximum absolute atomic E-state index is 11.9. The molecule has 0 saturated heterocycles. The van der Waals surface area contributed by atoms with Crippen LogP contribution >= 0.6 is 0 Å². The van der Waals surface area contributed by atoms with Crippen LogP contribution in [0.15, 0.2) is 25.3 Å². The van der Waals surface area contributed by atoms with Crippen LogP contribution in [0.4, 0.5) is 4.79 Å². The number of amides is 1. The van der Waals surface area contributed by atoms with Crippen LogP contribution in [0.25, 0.3) is 0 Å². The highest BCUT2D eigenvalue weighted by atomic mass is 16.6. The van der Waals surface area contributed by atoms with E-state index in [4.69, 9.17) is 4.74 Å². The van der Waals surface area contributed by atoms with Crippen molar-refractivity contribution in [2.45, 2.75) is 45.4 Å². The molecule has 0 aromatic rings. The Labute approximate surface area is 104 Å². The van der Waals surface area contributed by atoms with Gasteiger partial charge in [0.2, 0.25) is 0 Å². The monoisotopic (exact) mass is 241 g/mol. The Morgan fingerprint density at radius 1 is 1.47 bits per heavy atom. The average Bonchev–Trinajstić information content (AvgIpc) is 2.21. The molecule has 0 fully saturated rings. The highest BCUT2D eigenvalue weighted by Gasteiger charge is 2.27. The number of aliphatic hydroxyl groups excluding tert-OH is 1. The second-order valence-electron chi connectivity index (χ2n) is 4.89. The zero-order chi connectivity index (χ0) is 13.6. The van der Waals surface area contributed by atoms with Crippen molar-refractivity contribution in [3.8, 4) is 0 Å². The largest absolute Gasteiger partial charge is 0.444 e. The summed E-state index contributed by atoms with van der Waals surface area (Å²) < 4.78 is 5.26. The van der Waals surface area contributed by atoms with E-state index in [0.717, 1.165) is 0 Å². The van der Waals surface area contributed by atoms with Crippen LogP contribution in [0.2, 0.25) is 0 Å². The molecule has 0 unspecified atom stereocenters. The molecule has 1 amide bonds. The molecular formula is C13H23NO3. The van der Waals surface area contributed by atoms with Crippen LogP contribution in [-0.2, 0) is 4.74 Å². The standard InChI is InChI=1S/C13H23NO3/c1-7-9-14(10(3)11(15)8-2)12(16)17-13(4,5)6/h7-8,10-11,15H,1-2,9H2,3-6H3/t10-,11+/m0/s1. The van der Waals surface area contributed by atoms with E-state index in [1.54, 1.807) is 33.8 Å². The van der Waals surface area contributed by atoms with Gasteiger partial charge in [-0.05, 0) is 27.7 Å². The Kier molecular flexibility index (Phi) is 5.96. The van der Waals surface area contributed by atoms with Crippen molar-refractivity contribution in [3.05, 3.63) is 25.3 Å². The van der Waals surface area contributed by atoms with Crippen molar-refractivity contribution in [1.82, 2.24) is 4.90 Å². The topological polar surface area (TPSA) is 49.8 Å². The smallest absolute Gasteiger partial charge is 0.410 e. The van der Waals surface area contributed by atoms with Gasteiger partial charge in [-0.25, -0.2) is 4.79 Å². The second kappa shape index (κ2) is 6.45. The van der Waals surface area contributed by atoms with E-state index in [9.17, 15) is 9.90 Å². The lowest BCUT2D eigenvalue weighted by Gasteiger charge is -2.32. The Morgan fingerprint density at radius 3 is 2.35 bits per heavy atom. The van der Waals surface area contributed by atoms with Gasteiger partial charge in [0, 0.05) is 6.54 Å². The van der Waals surface area contributed by atoms with Gasteiger partial charge < -0.3 is 9.84 Å². The highest BCUT2D eigenvalue weighted by molar-refractivity contribution is 5.68. The first-order chi connectivity index (χ1) is 7.72. The first kappa shape index (κ1) is 15.7. The molecule has 0 bridgehead atoms. The third-order valence-electron chi connectivity index (χ3n) is 2.18. The normalized spacial score (nSPS) is 14.6. The summed E-state index contributed by atoms with van der Waals surface area (Å²) >= 11 is 0. The molecule has 0 saturated carbocycles. The Bertz CT molecular complexity index is 281. The lowest BCUT2D eigenvalue weighted by atomic mass is 10.1. The third kappa shape index (κ3) is 5.54.